The van der Waals surface area contributed by atoms with Gasteiger partial charge in [-0.25, -0.2) is 9.78 Å². The van der Waals surface area contributed by atoms with Crippen molar-refractivity contribution in [1.29, 1.82) is 5.26 Å². The highest BCUT2D eigenvalue weighted by molar-refractivity contribution is 6.09. The van der Waals surface area contributed by atoms with Gasteiger partial charge in [-0.15, -0.1) is 0 Å². The maximum Gasteiger partial charge on any atom is 0.338 e. The van der Waals surface area contributed by atoms with Crippen LogP contribution < -0.4 is 10.1 Å². The van der Waals surface area contributed by atoms with Gasteiger partial charge in [0.2, 0.25) is 0 Å². The Morgan fingerprint density at radius 1 is 1.06 bits per heavy atom. The smallest absolute Gasteiger partial charge is 0.338 e. The molecule has 3 aromatic carbocycles. The number of hydrogen-bond donors (Lipinski definition) is 2. The van der Waals surface area contributed by atoms with Crippen LogP contribution in [-0.2, 0) is 16.1 Å². The van der Waals surface area contributed by atoms with E-state index in [1.165, 1.54) is 6.08 Å². The summed E-state index contributed by atoms with van der Waals surface area (Å²) < 4.78 is 10.7. The van der Waals surface area contributed by atoms with Crippen LogP contribution in [0.5, 0.6) is 5.75 Å². The summed E-state index contributed by atoms with van der Waals surface area (Å²) in [6, 6.07) is 23.0. The van der Waals surface area contributed by atoms with Gasteiger partial charge in [-0.05, 0) is 67.1 Å². The minimum atomic E-state index is -0.554. The van der Waals surface area contributed by atoms with Gasteiger partial charge in [0.25, 0.3) is 5.91 Å². The molecule has 0 fully saturated rings. The summed E-state index contributed by atoms with van der Waals surface area (Å²) in [4.78, 5) is 32.0. The van der Waals surface area contributed by atoms with E-state index in [-0.39, 0.29) is 18.8 Å². The number of ether oxygens (including phenoxy) is 2. The minimum Gasteiger partial charge on any atom is -0.486 e. The third kappa shape index (κ3) is 5.92. The second-order valence-electron chi connectivity index (χ2n) is 7.48. The molecule has 4 rings (SSSR count). The first-order valence-electron chi connectivity index (χ1n) is 10.9. The fraction of sp³-hybridized carbons (Fsp3) is 0.111. The van der Waals surface area contributed by atoms with Crippen LogP contribution >= 0.6 is 0 Å². The molecule has 0 radical (unpaired) electrons. The number of fused-ring (bicyclic) bond motifs is 1. The Hall–Kier alpha value is -4.90. The molecule has 35 heavy (non-hydrogen) atoms. The van der Waals surface area contributed by atoms with Gasteiger partial charge in [-0.3, -0.25) is 4.79 Å². The van der Waals surface area contributed by atoms with Crippen molar-refractivity contribution in [3.8, 4) is 11.8 Å². The predicted octanol–water partition coefficient (Wildman–Crippen LogP) is 4.86. The van der Waals surface area contributed by atoms with E-state index >= 15 is 0 Å². The lowest BCUT2D eigenvalue weighted by Gasteiger charge is -2.07. The van der Waals surface area contributed by atoms with E-state index in [0.717, 1.165) is 11.0 Å². The van der Waals surface area contributed by atoms with Crippen LogP contribution in [0.15, 0.2) is 78.4 Å². The second-order valence-corrected chi connectivity index (χ2v) is 7.48. The van der Waals surface area contributed by atoms with Crippen LogP contribution in [0.3, 0.4) is 0 Å². The molecular weight excluding hydrogens is 444 g/mol. The van der Waals surface area contributed by atoms with Crippen molar-refractivity contribution in [1.82, 2.24) is 9.97 Å². The van der Waals surface area contributed by atoms with Gasteiger partial charge in [0.05, 0.1) is 23.2 Å². The third-order valence-electron chi connectivity index (χ3n) is 5.02. The number of nitrogens with zero attached hydrogens (tertiary/aromatic N) is 2. The summed E-state index contributed by atoms with van der Waals surface area (Å²) >= 11 is 0. The molecule has 1 aromatic heterocycles. The minimum absolute atomic E-state index is 0.0598. The maximum absolute atomic E-state index is 12.5. The molecule has 4 aromatic rings. The SMILES string of the molecule is CCOC(=O)c1ccc(NC(=O)/C(C#N)=C/c2ccc(OCc3nc4ccccc4[nH]3)cc2)cc1. The molecule has 174 valence electrons. The summed E-state index contributed by atoms with van der Waals surface area (Å²) in [7, 11) is 0. The lowest BCUT2D eigenvalue weighted by molar-refractivity contribution is -0.112. The van der Waals surface area contributed by atoms with E-state index in [1.807, 2.05) is 30.3 Å². The quantitative estimate of drug-likeness (QED) is 0.217. The maximum atomic E-state index is 12.5. The van der Waals surface area contributed by atoms with Crippen LogP contribution in [0, 0.1) is 11.3 Å². The predicted molar refractivity (Wildman–Crippen MR) is 131 cm³/mol. The summed E-state index contributed by atoms with van der Waals surface area (Å²) in [6.45, 7) is 2.29. The lowest BCUT2D eigenvalue weighted by Crippen LogP contribution is -2.13. The monoisotopic (exact) mass is 466 g/mol. The summed E-state index contributed by atoms with van der Waals surface area (Å²) in [5.41, 5.74) is 3.27. The Kier molecular flexibility index (Phi) is 7.19. The number of carbonyl (C=O) groups is 2. The number of H-pyrrole nitrogens is 1. The van der Waals surface area contributed by atoms with Crippen molar-refractivity contribution in [2.45, 2.75) is 13.5 Å². The molecule has 0 atom stereocenters. The Morgan fingerprint density at radius 2 is 1.80 bits per heavy atom. The Bertz CT molecular complexity index is 1380. The zero-order valence-corrected chi connectivity index (χ0v) is 18.9. The largest absolute Gasteiger partial charge is 0.486 e. The molecule has 0 saturated heterocycles. The highest BCUT2D eigenvalue weighted by Crippen LogP contribution is 2.18. The third-order valence-corrected chi connectivity index (χ3v) is 5.02. The van der Waals surface area contributed by atoms with Crippen LogP contribution in [0.1, 0.15) is 28.7 Å². The molecule has 2 N–H and O–H groups in total. The van der Waals surface area contributed by atoms with E-state index in [4.69, 9.17) is 9.47 Å². The Balaban J connectivity index is 1.36. The first-order valence-corrected chi connectivity index (χ1v) is 10.9. The first-order chi connectivity index (χ1) is 17.1. The highest BCUT2D eigenvalue weighted by atomic mass is 16.5. The number of imidazole rings is 1. The molecule has 8 heteroatoms. The van der Waals surface area contributed by atoms with Gasteiger partial charge in [-0.2, -0.15) is 5.26 Å². The molecule has 1 amide bonds. The van der Waals surface area contributed by atoms with Gasteiger partial charge in [0.1, 0.15) is 29.8 Å². The molecule has 0 aliphatic rings. The fourth-order valence-corrected chi connectivity index (χ4v) is 3.30. The van der Waals surface area contributed by atoms with E-state index in [2.05, 4.69) is 15.3 Å². The fourth-order valence-electron chi connectivity index (χ4n) is 3.30. The normalized spacial score (nSPS) is 11.0. The summed E-state index contributed by atoms with van der Waals surface area (Å²) in [5, 5.41) is 12.1. The molecule has 0 aliphatic heterocycles. The van der Waals surface area contributed by atoms with Crippen LogP contribution in [0.2, 0.25) is 0 Å². The van der Waals surface area contributed by atoms with E-state index in [0.29, 0.717) is 28.4 Å². The average Bonchev–Trinajstić information content (AvgIpc) is 3.30. The molecule has 0 bridgehead atoms. The van der Waals surface area contributed by atoms with Crippen molar-refractivity contribution >= 4 is 34.7 Å². The number of esters is 1. The number of para-hydroxylation sites is 2. The first kappa shape index (κ1) is 23.3. The van der Waals surface area contributed by atoms with E-state index in [1.54, 1.807) is 55.5 Å². The highest BCUT2D eigenvalue weighted by Gasteiger charge is 2.11. The zero-order valence-electron chi connectivity index (χ0n) is 18.9. The topological polar surface area (TPSA) is 117 Å². The van der Waals surface area contributed by atoms with Crippen molar-refractivity contribution in [3.05, 3.63) is 95.3 Å². The molecule has 0 unspecified atom stereocenters. The van der Waals surface area contributed by atoms with Crippen LogP contribution in [0.4, 0.5) is 5.69 Å². The van der Waals surface area contributed by atoms with Crippen molar-refractivity contribution in [3.63, 3.8) is 0 Å². The lowest BCUT2D eigenvalue weighted by atomic mass is 10.1. The van der Waals surface area contributed by atoms with Crippen LogP contribution in [-0.4, -0.2) is 28.5 Å². The van der Waals surface area contributed by atoms with Gasteiger partial charge in [-0.1, -0.05) is 24.3 Å². The molecule has 0 aliphatic carbocycles. The molecular formula is C27H22N4O4. The molecule has 1 heterocycles. The van der Waals surface area contributed by atoms with Gasteiger partial charge in [0.15, 0.2) is 0 Å². The van der Waals surface area contributed by atoms with E-state index in [9.17, 15) is 14.9 Å². The number of carbonyl (C=O) groups excluding carboxylic acids is 2. The number of benzene rings is 3. The number of aromatic nitrogens is 2. The number of nitrogens with one attached hydrogen (secondary N) is 2. The number of nitriles is 1. The number of aromatic amines is 1. The summed E-state index contributed by atoms with van der Waals surface area (Å²) in [6.07, 6.45) is 1.49. The van der Waals surface area contributed by atoms with Crippen molar-refractivity contribution < 1.29 is 19.1 Å². The van der Waals surface area contributed by atoms with Crippen LogP contribution in [0.25, 0.3) is 17.1 Å². The van der Waals surface area contributed by atoms with Crippen molar-refractivity contribution in [2.75, 3.05) is 11.9 Å². The van der Waals surface area contributed by atoms with E-state index < -0.39 is 11.9 Å². The number of anilines is 1. The number of amides is 1. The number of hydrogen-bond acceptors (Lipinski definition) is 6. The van der Waals surface area contributed by atoms with Crippen molar-refractivity contribution in [2.24, 2.45) is 0 Å². The van der Waals surface area contributed by atoms with Gasteiger partial charge >= 0.3 is 5.97 Å². The standard InChI is InChI=1S/C27H22N4O4/c1-2-34-27(33)19-9-11-21(12-10-19)29-26(32)20(16-28)15-18-7-13-22(14-8-18)35-17-25-30-23-5-3-4-6-24(23)31-25/h3-15H,2,17H2,1H3,(H,29,32)(H,30,31)/b20-15+. The zero-order chi connectivity index (χ0) is 24.6. The Morgan fingerprint density at radius 3 is 2.49 bits per heavy atom. The average molecular weight is 466 g/mol. The molecule has 8 nitrogen and oxygen atoms in total. The van der Waals surface area contributed by atoms with Gasteiger partial charge < -0.3 is 19.8 Å². The summed E-state index contributed by atoms with van der Waals surface area (Å²) in [5.74, 6) is 0.357. The molecule has 0 saturated carbocycles. The Labute approximate surface area is 201 Å². The second kappa shape index (κ2) is 10.8. The molecule has 0 spiro atoms. The number of rotatable bonds is 8. The van der Waals surface area contributed by atoms with Gasteiger partial charge in [0, 0.05) is 5.69 Å².